The molecule has 1 aliphatic heterocycles. The van der Waals surface area contributed by atoms with Crippen molar-refractivity contribution in [1.29, 1.82) is 0 Å². The molecule has 1 aliphatic rings. The zero-order valence-electron chi connectivity index (χ0n) is 11.5. The summed E-state index contributed by atoms with van der Waals surface area (Å²) in [4.78, 5) is 14.6. The maximum atomic E-state index is 11.9. The molecule has 1 saturated heterocycles. The first-order chi connectivity index (χ1) is 9.39. The van der Waals surface area contributed by atoms with Gasteiger partial charge in [-0.3, -0.25) is 4.79 Å². The van der Waals surface area contributed by atoms with E-state index in [-0.39, 0.29) is 17.0 Å². The standard InChI is InChI=1S/C13H18Cl2N2O3/c1-8(6-13(2)19-3-4-20-13)7-16-12(18)10-5-9(14)11(15)17-10/h5,8,17H,3-4,6-7H2,1-2H3,(H,16,18)/t8-/m0/s1. The predicted molar refractivity (Wildman–Crippen MR) is 77.2 cm³/mol. The SMILES string of the molecule is C[C@H](CNC(=O)c1cc(Cl)c(Cl)[nH]1)CC1(C)OCCO1. The van der Waals surface area contributed by atoms with E-state index in [0.29, 0.717) is 30.5 Å². The number of hydrogen-bond acceptors (Lipinski definition) is 3. The van der Waals surface area contributed by atoms with E-state index in [1.54, 1.807) is 0 Å². The fourth-order valence-electron chi connectivity index (χ4n) is 2.27. The van der Waals surface area contributed by atoms with Gasteiger partial charge in [0.25, 0.3) is 5.91 Å². The van der Waals surface area contributed by atoms with Crippen LogP contribution in [0.1, 0.15) is 30.8 Å². The molecule has 7 heteroatoms. The molecule has 2 heterocycles. The van der Waals surface area contributed by atoms with Gasteiger partial charge in [-0.2, -0.15) is 0 Å². The minimum Gasteiger partial charge on any atom is -0.350 e. The van der Waals surface area contributed by atoms with E-state index in [9.17, 15) is 4.79 Å². The average Bonchev–Trinajstić information content (AvgIpc) is 2.94. The summed E-state index contributed by atoms with van der Waals surface area (Å²) in [5.41, 5.74) is 0.353. The average molecular weight is 321 g/mol. The van der Waals surface area contributed by atoms with Crippen molar-refractivity contribution < 1.29 is 14.3 Å². The molecular weight excluding hydrogens is 303 g/mol. The van der Waals surface area contributed by atoms with Crippen LogP contribution in [0.5, 0.6) is 0 Å². The van der Waals surface area contributed by atoms with Gasteiger partial charge in [-0.25, -0.2) is 0 Å². The van der Waals surface area contributed by atoms with Crippen LogP contribution in [0.15, 0.2) is 6.07 Å². The largest absolute Gasteiger partial charge is 0.350 e. The Hall–Kier alpha value is -0.750. The highest BCUT2D eigenvalue weighted by Gasteiger charge is 2.32. The smallest absolute Gasteiger partial charge is 0.267 e. The lowest BCUT2D eigenvalue weighted by molar-refractivity contribution is -0.153. The minimum absolute atomic E-state index is 0.225. The zero-order chi connectivity index (χ0) is 14.8. The number of rotatable bonds is 5. The van der Waals surface area contributed by atoms with Gasteiger partial charge in [-0.15, -0.1) is 0 Å². The second-order valence-corrected chi connectivity index (χ2v) is 5.98. The number of aromatic nitrogens is 1. The summed E-state index contributed by atoms with van der Waals surface area (Å²) in [5.74, 6) is -0.546. The minimum atomic E-state index is -0.538. The fraction of sp³-hybridized carbons (Fsp3) is 0.615. The van der Waals surface area contributed by atoms with Crippen molar-refractivity contribution in [1.82, 2.24) is 10.3 Å². The maximum absolute atomic E-state index is 11.9. The van der Waals surface area contributed by atoms with Gasteiger partial charge in [0.1, 0.15) is 10.8 Å². The summed E-state index contributed by atoms with van der Waals surface area (Å²) in [5, 5.41) is 3.44. The van der Waals surface area contributed by atoms with Crippen LogP contribution in [0, 0.1) is 5.92 Å². The monoisotopic (exact) mass is 320 g/mol. The first-order valence-corrected chi connectivity index (χ1v) is 7.25. The molecule has 20 heavy (non-hydrogen) atoms. The molecule has 5 nitrogen and oxygen atoms in total. The van der Waals surface area contributed by atoms with Crippen molar-refractivity contribution in [3.63, 3.8) is 0 Å². The number of amides is 1. The molecule has 0 unspecified atom stereocenters. The lowest BCUT2D eigenvalue weighted by Crippen LogP contribution is -2.34. The van der Waals surface area contributed by atoms with Gasteiger partial charge in [-0.05, 0) is 18.9 Å². The number of halogens is 2. The molecule has 112 valence electrons. The summed E-state index contributed by atoms with van der Waals surface area (Å²) in [6.07, 6.45) is 0.722. The quantitative estimate of drug-likeness (QED) is 0.876. The Morgan fingerprint density at radius 1 is 1.50 bits per heavy atom. The van der Waals surface area contributed by atoms with Crippen molar-refractivity contribution >= 4 is 29.1 Å². The number of H-pyrrole nitrogens is 1. The van der Waals surface area contributed by atoms with E-state index >= 15 is 0 Å². The van der Waals surface area contributed by atoms with Crippen molar-refractivity contribution in [3.8, 4) is 0 Å². The van der Waals surface area contributed by atoms with Crippen LogP contribution in [0.2, 0.25) is 10.2 Å². The molecule has 1 fully saturated rings. The molecule has 1 aromatic rings. The third-order valence-electron chi connectivity index (χ3n) is 3.20. The van der Waals surface area contributed by atoms with Crippen LogP contribution in [0.3, 0.4) is 0 Å². The van der Waals surface area contributed by atoms with Gasteiger partial charge >= 0.3 is 0 Å². The molecule has 0 saturated carbocycles. The van der Waals surface area contributed by atoms with Gasteiger partial charge in [0, 0.05) is 13.0 Å². The molecule has 1 amide bonds. The Morgan fingerprint density at radius 2 is 2.15 bits per heavy atom. The van der Waals surface area contributed by atoms with E-state index < -0.39 is 5.79 Å². The van der Waals surface area contributed by atoms with Gasteiger partial charge < -0.3 is 19.8 Å². The summed E-state index contributed by atoms with van der Waals surface area (Å²) >= 11 is 11.6. The van der Waals surface area contributed by atoms with Crippen LogP contribution < -0.4 is 5.32 Å². The Labute approximate surface area is 127 Å². The lowest BCUT2D eigenvalue weighted by Gasteiger charge is -2.25. The van der Waals surface area contributed by atoms with Crippen molar-refractivity contribution in [2.45, 2.75) is 26.1 Å². The number of carbonyl (C=O) groups is 1. The Bertz CT molecular complexity index is 464. The van der Waals surface area contributed by atoms with Gasteiger partial charge in [0.15, 0.2) is 5.79 Å². The molecule has 0 bridgehead atoms. The van der Waals surface area contributed by atoms with Crippen molar-refractivity contribution in [2.24, 2.45) is 5.92 Å². The Balaban J connectivity index is 1.81. The van der Waals surface area contributed by atoms with Gasteiger partial charge in [-0.1, -0.05) is 30.1 Å². The van der Waals surface area contributed by atoms with E-state index in [1.165, 1.54) is 6.07 Å². The molecule has 2 rings (SSSR count). The van der Waals surface area contributed by atoms with E-state index in [1.807, 2.05) is 13.8 Å². The van der Waals surface area contributed by atoms with Crippen LogP contribution in [-0.2, 0) is 9.47 Å². The number of carbonyl (C=O) groups excluding carboxylic acids is 1. The van der Waals surface area contributed by atoms with E-state index in [2.05, 4.69) is 10.3 Å². The van der Waals surface area contributed by atoms with Crippen LogP contribution in [0.4, 0.5) is 0 Å². The molecular formula is C13H18Cl2N2O3. The topological polar surface area (TPSA) is 63.4 Å². The summed E-state index contributed by atoms with van der Waals surface area (Å²) in [6.45, 7) is 5.72. The highest BCUT2D eigenvalue weighted by atomic mass is 35.5. The number of aromatic amines is 1. The van der Waals surface area contributed by atoms with E-state index in [4.69, 9.17) is 32.7 Å². The molecule has 0 aliphatic carbocycles. The zero-order valence-corrected chi connectivity index (χ0v) is 13.0. The van der Waals surface area contributed by atoms with E-state index in [0.717, 1.165) is 6.42 Å². The number of hydrogen-bond donors (Lipinski definition) is 2. The Morgan fingerprint density at radius 3 is 2.70 bits per heavy atom. The number of ether oxygens (including phenoxy) is 2. The highest BCUT2D eigenvalue weighted by molar-refractivity contribution is 6.41. The Kier molecular flexibility index (Phi) is 4.96. The summed E-state index contributed by atoms with van der Waals surface area (Å²) < 4.78 is 11.1. The van der Waals surface area contributed by atoms with Gasteiger partial charge in [0.05, 0.1) is 18.2 Å². The molecule has 2 N–H and O–H groups in total. The molecule has 0 spiro atoms. The summed E-state index contributed by atoms with van der Waals surface area (Å²) in [6, 6.07) is 1.51. The van der Waals surface area contributed by atoms with Crippen molar-refractivity contribution in [3.05, 3.63) is 21.9 Å². The molecule has 0 aromatic carbocycles. The number of nitrogens with one attached hydrogen (secondary N) is 2. The van der Waals surface area contributed by atoms with Crippen LogP contribution >= 0.6 is 23.2 Å². The highest BCUT2D eigenvalue weighted by Crippen LogP contribution is 2.26. The normalized spacial score (nSPS) is 19.0. The first-order valence-electron chi connectivity index (χ1n) is 6.50. The third kappa shape index (κ3) is 3.88. The second kappa shape index (κ2) is 6.35. The maximum Gasteiger partial charge on any atom is 0.267 e. The molecule has 0 radical (unpaired) electrons. The third-order valence-corrected chi connectivity index (χ3v) is 3.89. The second-order valence-electron chi connectivity index (χ2n) is 5.19. The van der Waals surface area contributed by atoms with Crippen molar-refractivity contribution in [2.75, 3.05) is 19.8 Å². The predicted octanol–water partition coefficient (Wildman–Crippen LogP) is 2.84. The van der Waals surface area contributed by atoms with Crippen LogP contribution in [-0.4, -0.2) is 36.4 Å². The molecule has 1 atom stereocenters. The summed E-state index contributed by atoms with van der Waals surface area (Å²) in [7, 11) is 0. The van der Waals surface area contributed by atoms with Crippen LogP contribution in [0.25, 0.3) is 0 Å². The van der Waals surface area contributed by atoms with Gasteiger partial charge in [0.2, 0.25) is 0 Å². The molecule has 1 aromatic heterocycles. The lowest BCUT2D eigenvalue weighted by atomic mass is 10.0. The first kappa shape index (κ1) is 15.6. The fourth-order valence-corrected chi connectivity index (χ4v) is 2.58.